The number of aliphatic hydroxyl groups is 1. The number of hydrogen-bond acceptors (Lipinski definition) is 5. The summed E-state index contributed by atoms with van der Waals surface area (Å²) in [5.74, 6) is -0.169. The van der Waals surface area contributed by atoms with E-state index in [0.29, 0.717) is 12.2 Å². The van der Waals surface area contributed by atoms with E-state index in [1.54, 1.807) is 19.9 Å². The molecule has 0 aliphatic heterocycles. The van der Waals surface area contributed by atoms with Crippen molar-refractivity contribution in [2.45, 2.75) is 26.4 Å². The SMILES string of the molecule is CCOC(=O)CC(O)c1ccc(O)c(OCC)c1. The monoisotopic (exact) mass is 254 g/mol. The molecule has 0 spiro atoms. The van der Waals surface area contributed by atoms with Gasteiger partial charge in [0.05, 0.1) is 25.7 Å². The smallest absolute Gasteiger partial charge is 0.308 e. The summed E-state index contributed by atoms with van der Waals surface area (Å²) in [6.07, 6.45) is -1.09. The number of ether oxygens (including phenoxy) is 2. The Balaban J connectivity index is 2.76. The molecule has 5 heteroatoms. The van der Waals surface area contributed by atoms with Crippen molar-refractivity contribution in [1.82, 2.24) is 0 Å². The van der Waals surface area contributed by atoms with Crippen molar-refractivity contribution in [2.75, 3.05) is 13.2 Å². The fourth-order valence-electron chi connectivity index (χ4n) is 1.50. The minimum atomic E-state index is -0.969. The highest BCUT2D eigenvalue weighted by Gasteiger charge is 2.15. The van der Waals surface area contributed by atoms with Crippen molar-refractivity contribution < 1.29 is 24.5 Å². The van der Waals surface area contributed by atoms with E-state index in [0.717, 1.165) is 0 Å². The molecule has 0 saturated carbocycles. The van der Waals surface area contributed by atoms with Gasteiger partial charge in [-0.2, -0.15) is 0 Å². The van der Waals surface area contributed by atoms with E-state index in [9.17, 15) is 15.0 Å². The van der Waals surface area contributed by atoms with Crippen molar-refractivity contribution >= 4 is 5.97 Å². The van der Waals surface area contributed by atoms with Gasteiger partial charge in [-0.1, -0.05) is 6.07 Å². The standard InChI is InChI=1S/C13H18O5/c1-3-17-12-7-9(5-6-10(12)14)11(15)8-13(16)18-4-2/h5-7,11,14-15H,3-4,8H2,1-2H3. The highest BCUT2D eigenvalue weighted by Crippen LogP contribution is 2.30. The molecule has 18 heavy (non-hydrogen) atoms. The normalized spacial score (nSPS) is 11.9. The Morgan fingerprint density at radius 2 is 2.06 bits per heavy atom. The second kappa shape index (κ2) is 6.86. The molecule has 0 saturated heterocycles. The Hall–Kier alpha value is -1.75. The van der Waals surface area contributed by atoms with Gasteiger partial charge in [-0.15, -0.1) is 0 Å². The van der Waals surface area contributed by atoms with Gasteiger partial charge in [0.2, 0.25) is 0 Å². The average molecular weight is 254 g/mol. The van der Waals surface area contributed by atoms with Gasteiger partial charge in [0.15, 0.2) is 11.5 Å². The summed E-state index contributed by atoms with van der Waals surface area (Å²) >= 11 is 0. The molecule has 1 unspecified atom stereocenters. The lowest BCUT2D eigenvalue weighted by atomic mass is 10.1. The molecule has 1 rings (SSSR count). The first kappa shape index (κ1) is 14.3. The molecule has 1 atom stereocenters. The van der Waals surface area contributed by atoms with Crippen LogP contribution in [0.25, 0.3) is 0 Å². The number of rotatable bonds is 6. The van der Waals surface area contributed by atoms with Crippen LogP contribution in [0.3, 0.4) is 0 Å². The zero-order valence-electron chi connectivity index (χ0n) is 10.5. The maximum absolute atomic E-state index is 11.2. The third-order valence-corrected chi connectivity index (χ3v) is 2.33. The summed E-state index contributed by atoms with van der Waals surface area (Å²) in [4.78, 5) is 11.2. The van der Waals surface area contributed by atoms with Crippen LogP contribution in [0.15, 0.2) is 18.2 Å². The number of aromatic hydroxyl groups is 1. The summed E-state index contributed by atoms with van der Waals surface area (Å²) < 4.78 is 9.96. The van der Waals surface area contributed by atoms with Crippen LogP contribution >= 0.6 is 0 Å². The number of benzene rings is 1. The lowest BCUT2D eigenvalue weighted by Crippen LogP contribution is -2.10. The Labute approximate surface area is 106 Å². The molecule has 1 aromatic rings. The largest absolute Gasteiger partial charge is 0.504 e. The first-order valence-electron chi connectivity index (χ1n) is 5.87. The predicted octanol–water partition coefficient (Wildman–Crippen LogP) is 1.78. The molecule has 0 aliphatic rings. The van der Waals surface area contributed by atoms with E-state index in [1.807, 2.05) is 0 Å². The third-order valence-electron chi connectivity index (χ3n) is 2.33. The van der Waals surface area contributed by atoms with Crippen molar-refractivity contribution in [3.8, 4) is 11.5 Å². The number of aliphatic hydroxyl groups excluding tert-OH is 1. The van der Waals surface area contributed by atoms with E-state index in [2.05, 4.69) is 0 Å². The van der Waals surface area contributed by atoms with Crippen LogP contribution in [0.2, 0.25) is 0 Å². The van der Waals surface area contributed by atoms with Gasteiger partial charge < -0.3 is 19.7 Å². The second-order valence-electron chi connectivity index (χ2n) is 3.69. The fourth-order valence-corrected chi connectivity index (χ4v) is 1.50. The van der Waals surface area contributed by atoms with E-state index in [1.165, 1.54) is 12.1 Å². The molecule has 0 bridgehead atoms. The highest BCUT2D eigenvalue weighted by atomic mass is 16.5. The topological polar surface area (TPSA) is 76.0 Å². The van der Waals surface area contributed by atoms with E-state index >= 15 is 0 Å². The maximum Gasteiger partial charge on any atom is 0.308 e. The molecule has 0 fully saturated rings. The minimum Gasteiger partial charge on any atom is -0.504 e. The first-order chi connectivity index (χ1) is 8.58. The molecular formula is C13H18O5. The molecule has 2 N–H and O–H groups in total. The van der Waals surface area contributed by atoms with Gasteiger partial charge in [-0.25, -0.2) is 0 Å². The Morgan fingerprint density at radius 1 is 1.33 bits per heavy atom. The van der Waals surface area contributed by atoms with Crippen LogP contribution in [0.4, 0.5) is 0 Å². The second-order valence-corrected chi connectivity index (χ2v) is 3.69. The van der Waals surface area contributed by atoms with Crippen molar-refractivity contribution in [1.29, 1.82) is 0 Å². The molecule has 100 valence electrons. The van der Waals surface area contributed by atoms with Crippen LogP contribution < -0.4 is 4.74 Å². The van der Waals surface area contributed by atoms with E-state index in [4.69, 9.17) is 9.47 Å². The van der Waals surface area contributed by atoms with Gasteiger partial charge in [-0.05, 0) is 31.5 Å². The fraction of sp³-hybridized carbons (Fsp3) is 0.462. The number of phenols is 1. The van der Waals surface area contributed by atoms with Crippen LogP contribution in [0.5, 0.6) is 11.5 Å². The molecule has 0 aliphatic carbocycles. The zero-order valence-corrected chi connectivity index (χ0v) is 10.5. The van der Waals surface area contributed by atoms with Crippen LogP contribution in [-0.4, -0.2) is 29.4 Å². The molecule has 0 aromatic heterocycles. The summed E-state index contributed by atoms with van der Waals surface area (Å²) in [7, 11) is 0. The van der Waals surface area contributed by atoms with Gasteiger partial charge in [0.25, 0.3) is 0 Å². The van der Waals surface area contributed by atoms with Crippen molar-refractivity contribution in [3.05, 3.63) is 23.8 Å². The van der Waals surface area contributed by atoms with Crippen LogP contribution in [0, 0.1) is 0 Å². The summed E-state index contributed by atoms with van der Waals surface area (Å²) in [6, 6.07) is 4.49. The van der Waals surface area contributed by atoms with Gasteiger partial charge in [-0.3, -0.25) is 4.79 Å². The maximum atomic E-state index is 11.2. The summed E-state index contributed by atoms with van der Waals surface area (Å²) in [5.41, 5.74) is 0.504. The number of esters is 1. The Morgan fingerprint density at radius 3 is 2.67 bits per heavy atom. The van der Waals surface area contributed by atoms with Crippen LogP contribution in [0.1, 0.15) is 31.9 Å². The van der Waals surface area contributed by atoms with Gasteiger partial charge in [0, 0.05) is 0 Å². The molecule has 0 heterocycles. The summed E-state index contributed by atoms with van der Waals surface area (Å²) in [6.45, 7) is 4.19. The van der Waals surface area contributed by atoms with Crippen molar-refractivity contribution in [2.24, 2.45) is 0 Å². The first-order valence-corrected chi connectivity index (χ1v) is 5.87. The molecule has 5 nitrogen and oxygen atoms in total. The van der Waals surface area contributed by atoms with Gasteiger partial charge >= 0.3 is 5.97 Å². The quantitative estimate of drug-likeness (QED) is 0.757. The zero-order chi connectivity index (χ0) is 13.5. The summed E-state index contributed by atoms with van der Waals surface area (Å²) in [5, 5.41) is 19.4. The van der Waals surface area contributed by atoms with Gasteiger partial charge in [0.1, 0.15) is 0 Å². The van der Waals surface area contributed by atoms with Crippen LogP contribution in [-0.2, 0) is 9.53 Å². The molecule has 1 aromatic carbocycles. The number of carbonyl (C=O) groups excluding carboxylic acids is 1. The number of phenolic OH excluding ortho intramolecular Hbond substituents is 1. The number of carbonyl (C=O) groups is 1. The average Bonchev–Trinajstić information content (AvgIpc) is 2.32. The third kappa shape index (κ3) is 3.92. The van der Waals surface area contributed by atoms with Crippen molar-refractivity contribution in [3.63, 3.8) is 0 Å². The molecule has 0 amide bonds. The van der Waals surface area contributed by atoms with E-state index in [-0.39, 0.29) is 24.5 Å². The lowest BCUT2D eigenvalue weighted by molar-refractivity contribution is -0.145. The molecular weight excluding hydrogens is 236 g/mol. The van der Waals surface area contributed by atoms with E-state index < -0.39 is 12.1 Å². The minimum absolute atomic E-state index is 0.00364. The Bertz CT molecular complexity index is 402. The predicted molar refractivity (Wildman–Crippen MR) is 65.5 cm³/mol. The lowest BCUT2D eigenvalue weighted by Gasteiger charge is -2.13. The Kier molecular flexibility index (Phi) is 5.45. The number of hydrogen-bond donors (Lipinski definition) is 2. The molecule has 0 radical (unpaired) electrons. The highest BCUT2D eigenvalue weighted by molar-refractivity contribution is 5.70.